The van der Waals surface area contributed by atoms with Gasteiger partial charge in [0.1, 0.15) is 0 Å². The van der Waals surface area contributed by atoms with E-state index < -0.39 is 0 Å². The first-order chi connectivity index (χ1) is 12.2. The Morgan fingerprint density at radius 2 is 1.84 bits per heavy atom. The maximum Gasteiger partial charge on any atom is 0.161 e. The van der Waals surface area contributed by atoms with Crippen LogP contribution >= 0.6 is 0 Å². The molecule has 0 unspecified atom stereocenters. The van der Waals surface area contributed by atoms with Gasteiger partial charge in [-0.05, 0) is 23.8 Å². The van der Waals surface area contributed by atoms with Crippen molar-refractivity contribution in [2.45, 2.75) is 6.54 Å². The molecule has 0 saturated carbocycles. The molecule has 1 heterocycles. The molecule has 2 aromatic carbocycles. The van der Waals surface area contributed by atoms with Gasteiger partial charge in [0.05, 0.1) is 7.11 Å². The number of hydrogen-bond donors (Lipinski definition) is 2. The molecule has 25 heavy (non-hydrogen) atoms. The van der Waals surface area contributed by atoms with E-state index >= 15 is 0 Å². The lowest BCUT2D eigenvalue weighted by Gasteiger charge is -2.35. The standard InChI is InChI=1S/C20H25N3O2/c1-16(18-8-9-19(24)20(14-18)25-2)21-23-12-10-22(11-13-23)15-17-6-4-3-5-7-17/h3-9,14,21,24H,1,10-13,15H2,2H3. The quantitative estimate of drug-likeness (QED) is 0.847. The third kappa shape index (κ3) is 4.53. The monoisotopic (exact) mass is 339 g/mol. The minimum Gasteiger partial charge on any atom is -0.504 e. The molecule has 132 valence electrons. The molecule has 2 N–H and O–H groups in total. The zero-order valence-corrected chi connectivity index (χ0v) is 14.6. The average molecular weight is 339 g/mol. The van der Waals surface area contributed by atoms with Crippen LogP contribution < -0.4 is 10.2 Å². The van der Waals surface area contributed by atoms with E-state index in [0.717, 1.165) is 44.0 Å². The fourth-order valence-electron chi connectivity index (χ4n) is 2.98. The van der Waals surface area contributed by atoms with Crippen molar-refractivity contribution in [1.82, 2.24) is 15.3 Å². The van der Waals surface area contributed by atoms with Crippen molar-refractivity contribution in [3.8, 4) is 11.5 Å². The summed E-state index contributed by atoms with van der Waals surface area (Å²) < 4.78 is 5.16. The average Bonchev–Trinajstić information content (AvgIpc) is 2.64. The topological polar surface area (TPSA) is 48.0 Å². The molecule has 1 aliphatic rings. The molecule has 0 aromatic heterocycles. The molecule has 0 atom stereocenters. The zero-order chi connectivity index (χ0) is 17.6. The van der Waals surface area contributed by atoms with Crippen LogP contribution in [0.25, 0.3) is 5.70 Å². The summed E-state index contributed by atoms with van der Waals surface area (Å²) in [5, 5.41) is 11.9. The summed E-state index contributed by atoms with van der Waals surface area (Å²) in [5.41, 5.74) is 6.42. The molecule has 0 radical (unpaired) electrons. The van der Waals surface area contributed by atoms with Crippen LogP contribution in [-0.4, -0.2) is 48.3 Å². The number of phenols is 1. The number of phenolic OH excluding ortho intramolecular Hbond substituents is 1. The van der Waals surface area contributed by atoms with Crippen molar-refractivity contribution in [3.63, 3.8) is 0 Å². The van der Waals surface area contributed by atoms with Crippen LogP contribution in [0.15, 0.2) is 55.1 Å². The van der Waals surface area contributed by atoms with Crippen LogP contribution in [0.4, 0.5) is 0 Å². The number of piperazine rings is 1. The fraction of sp³-hybridized carbons (Fsp3) is 0.300. The Morgan fingerprint density at radius 1 is 1.12 bits per heavy atom. The van der Waals surface area contributed by atoms with E-state index in [1.807, 2.05) is 6.07 Å². The van der Waals surface area contributed by atoms with Crippen LogP contribution in [0.5, 0.6) is 11.5 Å². The van der Waals surface area contributed by atoms with E-state index in [9.17, 15) is 5.11 Å². The number of aromatic hydroxyl groups is 1. The van der Waals surface area contributed by atoms with E-state index in [4.69, 9.17) is 4.74 Å². The lowest BCUT2D eigenvalue weighted by molar-refractivity contribution is 0.104. The van der Waals surface area contributed by atoms with Crippen LogP contribution in [0.3, 0.4) is 0 Å². The second kappa shape index (κ2) is 8.05. The maximum atomic E-state index is 9.70. The first kappa shape index (κ1) is 17.3. The summed E-state index contributed by atoms with van der Waals surface area (Å²) in [5.74, 6) is 0.585. The van der Waals surface area contributed by atoms with Gasteiger partial charge in [-0.25, -0.2) is 5.01 Å². The number of nitrogens with one attached hydrogen (secondary N) is 1. The highest BCUT2D eigenvalue weighted by molar-refractivity contribution is 5.64. The fourth-order valence-corrected chi connectivity index (χ4v) is 2.98. The summed E-state index contributed by atoms with van der Waals surface area (Å²) in [4.78, 5) is 2.46. The molecule has 5 heteroatoms. The number of benzene rings is 2. The lowest BCUT2D eigenvalue weighted by atomic mass is 10.1. The van der Waals surface area contributed by atoms with Gasteiger partial charge in [-0.1, -0.05) is 36.9 Å². The molecule has 1 saturated heterocycles. The van der Waals surface area contributed by atoms with Crippen LogP contribution in [-0.2, 0) is 6.54 Å². The minimum absolute atomic E-state index is 0.133. The van der Waals surface area contributed by atoms with Crippen LogP contribution in [0, 0.1) is 0 Å². The van der Waals surface area contributed by atoms with Gasteiger partial charge < -0.3 is 15.3 Å². The number of rotatable bonds is 6. The molecular weight excluding hydrogens is 314 g/mol. The van der Waals surface area contributed by atoms with E-state index in [0.29, 0.717) is 5.75 Å². The van der Waals surface area contributed by atoms with E-state index in [1.165, 1.54) is 5.56 Å². The first-order valence-electron chi connectivity index (χ1n) is 8.50. The zero-order valence-electron chi connectivity index (χ0n) is 14.6. The van der Waals surface area contributed by atoms with Crippen molar-refractivity contribution in [2.24, 2.45) is 0 Å². The van der Waals surface area contributed by atoms with Gasteiger partial charge in [-0.15, -0.1) is 0 Å². The number of hydrazine groups is 1. The minimum atomic E-state index is 0.133. The van der Waals surface area contributed by atoms with Gasteiger partial charge >= 0.3 is 0 Å². The predicted molar refractivity (Wildman–Crippen MR) is 100 cm³/mol. The predicted octanol–water partition coefficient (Wildman–Crippen LogP) is 2.69. The third-order valence-electron chi connectivity index (χ3n) is 4.44. The Labute approximate surface area is 149 Å². The summed E-state index contributed by atoms with van der Waals surface area (Å²) in [7, 11) is 1.54. The molecule has 2 aromatic rings. The Bertz CT molecular complexity index is 710. The molecule has 5 nitrogen and oxygen atoms in total. The molecule has 1 fully saturated rings. The molecule has 1 aliphatic heterocycles. The Morgan fingerprint density at radius 3 is 2.52 bits per heavy atom. The van der Waals surface area contributed by atoms with Gasteiger partial charge in [0, 0.05) is 44.0 Å². The number of hydrogen-bond acceptors (Lipinski definition) is 5. The normalized spacial score (nSPS) is 15.7. The molecule has 0 bridgehead atoms. The van der Waals surface area contributed by atoms with Gasteiger partial charge in [-0.2, -0.15) is 0 Å². The molecule has 3 rings (SSSR count). The molecular formula is C20H25N3O2. The SMILES string of the molecule is C=C(NN1CCN(Cc2ccccc2)CC1)c1ccc(O)c(OC)c1. The van der Waals surface area contributed by atoms with Crippen molar-refractivity contribution < 1.29 is 9.84 Å². The smallest absolute Gasteiger partial charge is 0.161 e. The van der Waals surface area contributed by atoms with E-state index in [1.54, 1.807) is 19.2 Å². The lowest BCUT2D eigenvalue weighted by Crippen LogP contribution is -2.50. The molecule has 0 amide bonds. The highest BCUT2D eigenvalue weighted by Crippen LogP contribution is 2.28. The van der Waals surface area contributed by atoms with Crippen LogP contribution in [0.1, 0.15) is 11.1 Å². The largest absolute Gasteiger partial charge is 0.504 e. The second-order valence-electron chi connectivity index (χ2n) is 6.23. The van der Waals surface area contributed by atoms with Gasteiger partial charge in [-0.3, -0.25) is 4.90 Å². The third-order valence-corrected chi connectivity index (χ3v) is 4.44. The van der Waals surface area contributed by atoms with Gasteiger partial charge in [0.15, 0.2) is 11.5 Å². The second-order valence-corrected chi connectivity index (χ2v) is 6.23. The van der Waals surface area contributed by atoms with E-state index in [-0.39, 0.29) is 5.75 Å². The van der Waals surface area contributed by atoms with E-state index in [2.05, 4.69) is 52.2 Å². The van der Waals surface area contributed by atoms with Crippen molar-refractivity contribution >= 4 is 5.70 Å². The highest BCUT2D eigenvalue weighted by Gasteiger charge is 2.17. The van der Waals surface area contributed by atoms with Gasteiger partial charge in [0.25, 0.3) is 0 Å². The number of ether oxygens (including phenoxy) is 1. The number of methoxy groups -OCH3 is 1. The molecule has 0 spiro atoms. The Balaban J connectivity index is 1.51. The summed E-state index contributed by atoms with van der Waals surface area (Å²) >= 11 is 0. The summed E-state index contributed by atoms with van der Waals surface area (Å²) in [6.45, 7) is 8.98. The number of nitrogens with zero attached hydrogens (tertiary/aromatic N) is 2. The van der Waals surface area contributed by atoms with Crippen molar-refractivity contribution in [1.29, 1.82) is 0 Å². The summed E-state index contributed by atoms with van der Waals surface area (Å²) in [6.07, 6.45) is 0. The van der Waals surface area contributed by atoms with Crippen LogP contribution in [0.2, 0.25) is 0 Å². The Hall–Kier alpha value is -2.50. The summed E-state index contributed by atoms with van der Waals surface area (Å²) in [6, 6.07) is 15.8. The van der Waals surface area contributed by atoms with Crippen molar-refractivity contribution in [2.75, 3.05) is 33.3 Å². The first-order valence-corrected chi connectivity index (χ1v) is 8.50. The Kier molecular flexibility index (Phi) is 5.58. The molecule has 0 aliphatic carbocycles. The van der Waals surface area contributed by atoms with Gasteiger partial charge in [0.2, 0.25) is 0 Å². The maximum absolute atomic E-state index is 9.70. The highest BCUT2D eigenvalue weighted by atomic mass is 16.5. The van der Waals surface area contributed by atoms with Crippen molar-refractivity contribution in [3.05, 3.63) is 66.2 Å².